The Hall–Kier alpha value is -4.27. The summed E-state index contributed by atoms with van der Waals surface area (Å²) in [5.41, 5.74) is 3.37. The lowest BCUT2D eigenvalue weighted by Gasteiger charge is -2.08. The summed E-state index contributed by atoms with van der Waals surface area (Å²) in [5.74, 6) is 0.564. The first-order chi connectivity index (χ1) is 15.6. The molecule has 1 fully saturated rings. The molecular formula is C23H20N6O3. The van der Waals surface area contributed by atoms with Gasteiger partial charge in [0.1, 0.15) is 0 Å². The monoisotopic (exact) mass is 428 g/mol. The number of anilines is 2. The molecule has 3 heterocycles. The second-order valence-corrected chi connectivity index (χ2v) is 7.50. The number of fused-ring (bicyclic) bond motifs is 1. The third-order valence-electron chi connectivity index (χ3n) is 5.19. The highest BCUT2D eigenvalue weighted by Gasteiger charge is 2.30. The van der Waals surface area contributed by atoms with Crippen LogP contribution in [0.3, 0.4) is 0 Å². The van der Waals surface area contributed by atoms with E-state index in [0.29, 0.717) is 28.7 Å². The Bertz CT molecular complexity index is 1290. The number of carbonyl (C=O) groups excluding carboxylic acids is 2. The Morgan fingerprint density at radius 1 is 1.03 bits per heavy atom. The molecule has 9 heteroatoms. The molecule has 3 aromatic heterocycles. The van der Waals surface area contributed by atoms with E-state index in [9.17, 15) is 9.59 Å². The van der Waals surface area contributed by atoms with Crippen molar-refractivity contribution < 1.29 is 14.3 Å². The van der Waals surface area contributed by atoms with E-state index in [1.165, 1.54) is 13.3 Å². The molecule has 32 heavy (non-hydrogen) atoms. The van der Waals surface area contributed by atoms with Gasteiger partial charge in [0.05, 0.1) is 24.7 Å². The van der Waals surface area contributed by atoms with E-state index in [4.69, 9.17) is 4.74 Å². The molecule has 0 saturated heterocycles. The normalized spacial score (nSPS) is 13.0. The van der Waals surface area contributed by atoms with Gasteiger partial charge in [0.25, 0.3) is 5.91 Å². The van der Waals surface area contributed by atoms with Crippen molar-refractivity contribution in [1.29, 1.82) is 0 Å². The fourth-order valence-corrected chi connectivity index (χ4v) is 3.31. The van der Waals surface area contributed by atoms with E-state index in [0.717, 1.165) is 24.1 Å². The van der Waals surface area contributed by atoms with Crippen LogP contribution in [0.1, 0.15) is 23.2 Å². The standard InChI is InChI=1S/C23H20N6O3/c1-32-20-12-11-17(13-24-20)25-21(30)15-7-5-14(6-8-15)18-3-2-4-19-26-23(28-29(18)19)27-22(31)16-9-10-16/h2-8,11-13,16H,9-10H2,1H3,(H,25,30)(H,27,28,31). The van der Waals surface area contributed by atoms with Crippen LogP contribution in [0.5, 0.6) is 5.88 Å². The molecule has 0 radical (unpaired) electrons. The number of amides is 2. The summed E-state index contributed by atoms with van der Waals surface area (Å²) in [6.07, 6.45) is 3.37. The largest absolute Gasteiger partial charge is 0.481 e. The minimum atomic E-state index is -0.243. The van der Waals surface area contributed by atoms with E-state index in [1.54, 1.807) is 28.8 Å². The van der Waals surface area contributed by atoms with Crippen molar-refractivity contribution >= 4 is 29.1 Å². The van der Waals surface area contributed by atoms with Crippen LogP contribution in [0.15, 0.2) is 60.8 Å². The molecule has 1 aromatic carbocycles. The zero-order chi connectivity index (χ0) is 22.1. The maximum atomic E-state index is 12.6. The molecule has 160 valence electrons. The van der Waals surface area contributed by atoms with Crippen LogP contribution in [-0.4, -0.2) is 38.5 Å². The molecule has 0 aliphatic heterocycles. The lowest BCUT2D eigenvalue weighted by atomic mass is 10.1. The Morgan fingerprint density at radius 2 is 1.84 bits per heavy atom. The van der Waals surface area contributed by atoms with Crippen LogP contribution in [0.4, 0.5) is 11.6 Å². The van der Waals surface area contributed by atoms with Gasteiger partial charge in [-0.2, -0.15) is 4.98 Å². The smallest absolute Gasteiger partial charge is 0.255 e. The van der Waals surface area contributed by atoms with Gasteiger partial charge in [0.2, 0.25) is 17.7 Å². The molecular weight excluding hydrogens is 408 g/mol. The Balaban J connectivity index is 1.35. The molecule has 1 saturated carbocycles. The number of methoxy groups -OCH3 is 1. The minimum Gasteiger partial charge on any atom is -0.481 e. The number of rotatable bonds is 6. The summed E-state index contributed by atoms with van der Waals surface area (Å²) in [7, 11) is 1.53. The van der Waals surface area contributed by atoms with Gasteiger partial charge in [-0.3, -0.25) is 14.9 Å². The number of hydrogen-bond acceptors (Lipinski definition) is 6. The van der Waals surface area contributed by atoms with Crippen molar-refractivity contribution in [2.24, 2.45) is 5.92 Å². The molecule has 4 aromatic rings. The Morgan fingerprint density at radius 3 is 2.53 bits per heavy atom. The highest BCUT2D eigenvalue weighted by atomic mass is 16.5. The molecule has 2 amide bonds. The van der Waals surface area contributed by atoms with Gasteiger partial charge < -0.3 is 10.1 Å². The fraction of sp³-hybridized carbons (Fsp3) is 0.174. The maximum absolute atomic E-state index is 12.6. The average Bonchev–Trinajstić information content (AvgIpc) is 3.59. The van der Waals surface area contributed by atoms with Gasteiger partial charge in [-0.15, -0.1) is 5.10 Å². The molecule has 0 unspecified atom stereocenters. The maximum Gasteiger partial charge on any atom is 0.255 e. The van der Waals surface area contributed by atoms with Gasteiger partial charge in [0, 0.05) is 23.1 Å². The number of nitrogens with zero attached hydrogens (tertiary/aromatic N) is 4. The summed E-state index contributed by atoms with van der Waals surface area (Å²) < 4.78 is 6.70. The van der Waals surface area contributed by atoms with E-state index >= 15 is 0 Å². The van der Waals surface area contributed by atoms with Gasteiger partial charge in [0.15, 0.2) is 5.65 Å². The Labute approximate surface area is 183 Å². The zero-order valence-electron chi connectivity index (χ0n) is 17.3. The highest BCUT2D eigenvalue weighted by Crippen LogP contribution is 2.30. The first-order valence-corrected chi connectivity index (χ1v) is 10.2. The number of hydrogen-bond donors (Lipinski definition) is 2. The summed E-state index contributed by atoms with van der Waals surface area (Å²) >= 11 is 0. The van der Waals surface area contributed by atoms with Crippen molar-refractivity contribution in [2.45, 2.75) is 12.8 Å². The molecule has 1 aliphatic carbocycles. The number of carbonyl (C=O) groups is 2. The highest BCUT2D eigenvalue weighted by molar-refractivity contribution is 6.04. The summed E-state index contributed by atoms with van der Waals surface area (Å²) in [6.45, 7) is 0. The van der Waals surface area contributed by atoms with Crippen LogP contribution in [0.2, 0.25) is 0 Å². The summed E-state index contributed by atoms with van der Waals surface area (Å²) in [4.78, 5) is 33.1. The first kappa shape index (κ1) is 19.7. The summed E-state index contributed by atoms with van der Waals surface area (Å²) in [6, 6.07) is 16.2. The molecule has 5 rings (SSSR count). The van der Waals surface area contributed by atoms with Crippen molar-refractivity contribution in [3.05, 3.63) is 66.4 Å². The van der Waals surface area contributed by atoms with Crippen LogP contribution in [0.25, 0.3) is 16.9 Å². The molecule has 2 N–H and O–H groups in total. The van der Waals surface area contributed by atoms with Gasteiger partial charge in [-0.1, -0.05) is 18.2 Å². The molecule has 0 atom stereocenters. The van der Waals surface area contributed by atoms with Gasteiger partial charge >= 0.3 is 0 Å². The molecule has 0 spiro atoms. The van der Waals surface area contributed by atoms with Crippen LogP contribution in [0, 0.1) is 5.92 Å². The van der Waals surface area contributed by atoms with E-state index in [2.05, 4.69) is 25.7 Å². The summed E-state index contributed by atoms with van der Waals surface area (Å²) in [5, 5.41) is 10.0. The number of aromatic nitrogens is 4. The SMILES string of the molecule is COc1ccc(NC(=O)c2ccc(-c3cccc4nc(NC(=O)C5CC5)nn34)cc2)cn1. The van der Waals surface area contributed by atoms with Crippen molar-refractivity contribution in [3.8, 4) is 17.1 Å². The second kappa shape index (κ2) is 8.10. The Kier molecular flexibility index (Phi) is 4.98. The number of pyridine rings is 2. The van der Waals surface area contributed by atoms with E-state index < -0.39 is 0 Å². The predicted octanol–water partition coefficient (Wildman–Crippen LogP) is 3.40. The van der Waals surface area contributed by atoms with E-state index in [-0.39, 0.29) is 17.7 Å². The van der Waals surface area contributed by atoms with Crippen molar-refractivity contribution in [2.75, 3.05) is 17.7 Å². The van der Waals surface area contributed by atoms with Crippen LogP contribution in [-0.2, 0) is 4.79 Å². The number of ether oxygens (including phenoxy) is 1. The lowest BCUT2D eigenvalue weighted by Crippen LogP contribution is -2.14. The van der Waals surface area contributed by atoms with E-state index in [1.807, 2.05) is 30.3 Å². The topological polar surface area (TPSA) is 111 Å². The van der Waals surface area contributed by atoms with Crippen LogP contribution < -0.4 is 15.4 Å². The molecule has 9 nitrogen and oxygen atoms in total. The second-order valence-electron chi connectivity index (χ2n) is 7.50. The zero-order valence-corrected chi connectivity index (χ0v) is 17.3. The van der Waals surface area contributed by atoms with Crippen molar-refractivity contribution in [1.82, 2.24) is 19.6 Å². The first-order valence-electron chi connectivity index (χ1n) is 10.2. The number of nitrogens with one attached hydrogen (secondary N) is 2. The third kappa shape index (κ3) is 4.00. The molecule has 1 aliphatic rings. The third-order valence-corrected chi connectivity index (χ3v) is 5.19. The predicted molar refractivity (Wildman–Crippen MR) is 119 cm³/mol. The average molecular weight is 428 g/mol. The van der Waals surface area contributed by atoms with Gasteiger partial charge in [-0.25, -0.2) is 9.50 Å². The fourth-order valence-electron chi connectivity index (χ4n) is 3.31. The lowest BCUT2D eigenvalue weighted by molar-refractivity contribution is -0.117. The van der Waals surface area contributed by atoms with Gasteiger partial charge in [-0.05, 0) is 43.2 Å². The minimum absolute atomic E-state index is 0.0371. The van der Waals surface area contributed by atoms with Crippen molar-refractivity contribution in [3.63, 3.8) is 0 Å². The number of benzene rings is 1. The van der Waals surface area contributed by atoms with Crippen LogP contribution >= 0.6 is 0 Å². The quantitative estimate of drug-likeness (QED) is 0.487. The molecule has 0 bridgehead atoms.